The van der Waals surface area contributed by atoms with Crippen LogP contribution in [0.25, 0.3) is 0 Å². The Morgan fingerprint density at radius 2 is 1.27 bits per heavy atom. The fourth-order valence-electron chi connectivity index (χ4n) is 3.55. The maximum absolute atomic E-state index is 9.87. The van der Waals surface area contributed by atoms with E-state index in [0.29, 0.717) is 0 Å². The molecule has 26 heavy (non-hydrogen) atoms. The Kier molecular flexibility index (Phi) is 15.5. The molecule has 0 unspecified atom stereocenters. The third-order valence-electron chi connectivity index (χ3n) is 5.13. The number of carbonyl (C=O) groups is 1. The average molecular weight is 503 g/mol. The van der Waals surface area contributed by atoms with Crippen LogP contribution in [-0.4, -0.2) is 24.7 Å². The molecule has 0 spiro atoms. The van der Waals surface area contributed by atoms with Crippen LogP contribution in [0.15, 0.2) is 48.5 Å². The second-order valence-electron chi connectivity index (χ2n) is 7.10. The molecule has 0 bridgehead atoms. The van der Waals surface area contributed by atoms with Crippen molar-refractivity contribution in [2.45, 2.75) is 72.6 Å². The number of rotatable bonds is 11. The van der Waals surface area contributed by atoms with E-state index in [9.17, 15) is 4.79 Å². The van der Waals surface area contributed by atoms with Gasteiger partial charge in [0.15, 0.2) is 0 Å². The molecule has 2 rings (SSSR count). The first-order chi connectivity index (χ1) is 12.2. The fourth-order valence-corrected chi connectivity index (χ4v) is 19.6. The summed E-state index contributed by atoms with van der Waals surface area (Å²) in [6, 6.07) is 16.7. The summed E-state index contributed by atoms with van der Waals surface area (Å²) in [5.41, 5.74) is 0.750. The minimum absolute atomic E-state index is 0. The number of aldehydes is 1. The van der Waals surface area contributed by atoms with Crippen molar-refractivity contribution in [1.82, 2.24) is 0 Å². The molecule has 0 aromatic heterocycles. The summed E-state index contributed by atoms with van der Waals surface area (Å²) in [6.07, 6.45) is 9.35. The third kappa shape index (κ3) is 9.06. The summed E-state index contributed by atoms with van der Waals surface area (Å²) in [5, 5.41) is 0. The van der Waals surface area contributed by atoms with Crippen LogP contribution < -0.4 is 3.58 Å². The zero-order chi connectivity index (χ0) is 18.4. The Balaban J connectivity index is 0.000000655. The van der Waals surface area contributed by atoms with E-state index in [2.05, 4.69) is 45.0 Å². The second-order valence-corrected chi connectivity index (χ2v) is 20.3. The molecular weight excluding hydrogens is 467 g/mol. The van der Waals surface area contributed by atoms with E-state index in [1.807, 2.05) is 15.7 Å². The summed E-state index contributed by atoms with van der Waals surface area (Å²) in [5.74, 6) is 0. The molecule has 0 aliphatic heterocycles. The Labute approximate surface area is 176 Å². The van der Waals surface area contributed by atoms with Gasteiger partial charge in [0.1, 0.15) is 0 Å². The molecule has 0 N–H and O–H groups in total. The Morgan fingerprint density at radius 1 is 0.846 bits per heavy atom. The van der Waals surface area contributed by atoms with Crippen molar-refractivity contribution in [2.75, 3.05) is 0 Å². The molecule has 1 nitrogen and oxygen atoms in total. The Bertz CT molecular complexity index is 509. The van der Waals surface area contributed by atoms with Gasteiger partial charge in [0.05, 0.1) is 0 Å². The summed E-state index contributed by atoms with van der Waals surface area (Å²) in [7, 11) is 0. The van der Waals surface area contributed by atoms with Crippen molar-refractivity contribution in [3.8, 4) is 0 Å². The van der Waals surface area contributed by atoms with Gasteiger partial charge in [-0.05, 0) is 0 Å². The zero-order valence-corrected chi connectivity index (χ0v) is 20.8. The summed E-state index contributed by atoms with van der Waals surface area (Å²) < 4.78 is 6.60. The topological polar surface area (TPSA) is 17.1 Å². The van der Waals surface area contributed by atoms with Gasteiger partial charge < -0.3 is 34.6 Å². The number of hydrogen-bond donors (Lipinski definition) is 0. The van der Waals surface area contributed by atoms with Crippen molar-refractivity contribution in [3.63, 3.8) is 0 Å². The predicted molar refractivity (Wildman–Crippen MR) is 114 cm³/mol. The molecule has 0 heterocycles. The minimum Gasteiger partial charge on any atom is -0.721 e. The molecular formula is C23H36FeOSn-6. The van der Waals surface area contributed by atoms with Gasteiger partial charge in [-0.15, -0.1) is 0 Å². The van der Waals surface area contributed by atoms with E-state index in [1.54, 1.807) is 25.4 Å². The number of unbranched alkanes of at least 4 members (excludes halogenated alkanes) is 3. The van der Waals surface area contributed by atoms with Crippen LogP contribution in [0.3, 0.4) is 0 Å². The summed E-state index contributed by atoms with van der Waals surface area (Å²) >= 11 is -2.03. The van der Waals surface area contributed by atoms with Crippen LogP contribution in [0, 0.1) is 0 Å². The van der Waals surface area contributed by atoms with Crippen molar-refractivity contribution in [1.29, 1.82) is 0 Å². The van der Waals surface area contributed by atoms with E-state index in [-0.39, 0.29) is 17.1 Å². The zero-order valence-electron chi connectivity index (χ0n) is 16.8. The minimum atomic E-state index is -2.03. The molecule has 0 aliphatic carbocycles. The number of carbonyl (C=O) groups excluding carboxylic acids is 1. The molecule has 0 amide bonds. The van der Waals surface area contributed by atoms with Gasteiger partial charge in [0, 0.05) is 17.1 Å². The molecule has 0 saturated carbocycles. The van der Waals surface area contributed by atoms with Crippen molar-refractivity contribution in [2.24, 2.45) is 0 Å². The van der Waals surface area contributed by atoms with Gasteiger partial charge in [0.2, 0.25) is 0 Å². The van der Waals surface area contributed by atoms with Crippen LogP contribution in [-0.2, 0) is 17.1 Å². The van der Waals surface area contributed by atoms with Crippen LogP contribution in [0.1, 0.15) is 69.7 Å². The second kappa shape index (κ2) is 15.7. The average Bonchev–Trinajstić information content (AvgIpc) is 3.35. The molecule has 0 radical (unpaired) electrons. The van der Waals surface area contributed by atoms with Gasteiger partial charge in [-0.1, -0.05) is 0 Å². The maximum atomic E-state index is 9.87. The van der Waals surface area contributed by atoms with Crippen molar-refractivity contribution in [3.05, 3.63) is 54.1 Å². The molecule has 3 heteroatoms. The molecule has 0 saturated heterocycles. The molecule has 0 fully saturated rings. The predicted octanol–water partition coefficient (Wildman–Crippen LogP) is 6.68. The molecule has 0 aliphatic rings. The van der Waals surface area contributed by atoms with Gasteiger partial charge in [-0.25, -0.2) is 0 Å². The van der Waals surface area contributed by atoms with Crippen LogP contribution in [0.4, 0.5) is 0 Å². The smallest absolute Gasteiger partial charge is 0 e. The molecule has 2 aromatic carbocycles. The maximum Gasteiger partial charge on any atom is 0 e. The van der Waals surface area contributed by atoms with E-state index >= 15 is 0 Å². The van der Waals surface area contributed by atoms with Gasteiger partial charge in [-0.3, -0.25) is 6.29 Å². The van der Waals surface area contributed by atoms with Crippen LogP contribution in [0.5, 0.6) is 0 Å². The quantitative estimate of drug-likeness (QED) is 0.190. The van der Waals surface area contributed by atoms with Crippen molar-refractivity contribution < 1.29 is 21.9 Å². The molecule has 0 atom stereocenters. The van der Waals surface area contributed by atoms with E-state index in [1.165, 1.54) is 38.5 Å². The SMILES string of the molecule is CCC[CH2][Sn]([CH2]CCC)([CH2]CCC)[c-]1cccc1.O=C[c-]1[cH-][cH-][cH-][cH-]1.[Fe]. The van der Waals surface area contributed by atoms with E-state index in [0.717, 1.165) is 11.8 Å². The normalized spacial score (nSPS) is 10.6. The summed E-state index contributed by atoms with van der Waals surface area (Å²) in [4.78, 5) is 9.87. The van der Waals surface area contributed by atoms with E-state index in [4.69, 9.17) is 0 Å². The first-order valence-electron chi connectivity index (χ1n) is 10.1. The summed E-state index contributed by atoms with van der Waals surface area (Å²) in [6.45, 7) is 7.05. The Morgan fingerprint density at radius 3 is 1.58 bits per heavy atom. The first-order valence-corrected chi connectivity index (χ1v) is 17.6. The van der Waals surface area contributed by atoms with E-state index < -0.39 is 18.4 Å². The van der Waals surface area contributed by atoms with Crippen LogP contribution >= 0.6 is 0 Å². The monoisotopic (exact) mass is 504 g/mol. The standard InChI is InChI=1S/C6H5O.C5H4.3C4H9.Fe.Sn/c7-5-6-3-1-2-4-6;1-2-4-5-3-1;3*1-3-4-2;;/h1-5H;1-4H;3*1,3-4H2,2H3;;/q-5;-1;;;;;. The fraction of sp³-hybridized carbons (Fsp3) is 0.522. The van der Waals surface area contributed by atoms with Crippen molar-refractivity contribution >= 4 is 28.2 Å². The first kappa shape index (κ1) is 25.7. The van der Waals surface area contributed by atoms with Gasteiger partial charge in [-0.2, -0.15) is 0 Å². The van der Waals surface area contributed by atoms with Gasteiger partial charge in [0.25, 0.3) is 0 Å². The molecule has 152 valence electrons. The Hall–Kier alpha value is -0.312. The molecule has 2 aromatic rings. The number of hydrogen-bond acceptors (Lipinski definition) is 1. The third-order valence-corrected chi connectivity index (χ3v) is 20.8. The largest absolute Gasteiger partial charge is 0.721 e. The van der Waals surface area contributed by atoms with Crippen LogP contribution in [0.2, 0.25) is 13.3 Å². The van der Waals surface area contributed by atoms with Gasteiger partial charge >= 0.3 is 119 Å².